The maximum Gasteiger partial charge on any atom is 0.0139 e. The van der Waals surface area contributed by atoms with Crippen molar-refractivity contribution in [3.05, 3.63) is 0 Å². The van der Waals surface area contributed by atoms with Crippen molar-refractivity contribution in [2.75, 3.05) is 19.6 Å². The van der Waals surface area contributed by atoms with Crippen molar-refractivity contribution in [3.8, 4) is 0 Å². The smallest absolute Gasteiger partial charge is 0.0139 e. The quantitative estimate of drug-likeness (QED) is 0.736. The van der Waals surface area contributed by atoms with E-state index in [9.17, 15) is 0 Å². The van der Waals surface area contributed by atoms with Gasteiger partial charge in [-0.15, -0.1) is 0 Å². The summed E-state index contributed by atoms with van der Waals surface area (Å²) in [5, 5.41) is 0. The predicted octanol–water partition coefficient (Wildman–Crippen LogP) is 2.09. The minimum Gasteiger partial charge on any atom is -0.327 e. The minimum absolute atomic E-state index is 0.321. The third kappa shape index (κ3) is 3.58. The van der Waals surface area contributed by atoms with Gasteiger partial charge in [0.25, 0.3) is 0 Å². The number of nitrogens with zero attached hydrogens (tertiary/aromatic N) is 1. The van der Waals surface area contributed by atoms with Gasteiger partial charge in [-0.2, -0.15) is 0 Å². The largest absolute Gasteiger partial charge is 0.327 e. The Balaban J connectivity index is 2.31. The van der Waals surface area contributed by atoms with Crippen LogP contribution < -0.4 is 5.73 Å². The zero-order chi connectivity index (χ0) is 10.8. The summed E-state index contributed by atoms with van der Waals surface area (Å²) in [7, 11) is 0. The van der Waals surface area contributed by atoms with E-state index in [1.807, 2.05) is 0 Å². The SMILES string of the molecule is C[C@@H](N)CN1CCC(C(C)(C)C)CC1. The third-order valence-electron chi connectivity index (χ3n) is 3.36. The molecule has 0 bridgehead atoms. The van der Waals surface area contributed by atoms with Crippen LogP contribution in [0.3, 0.4) is 0 Å². The van der Waals surface area contributed by atoms with Gasteiger partial charge in [0.05, 0.1) is 0 Å². The number of piperidine rings is 1. The lowest BCUT2D eigenvalue weighted by Crippen LogP contribution is -2.42. The second-order valence-corrected chi connectivity index (χ2v) is 5.92. The molecule has 1 fully saturated rings. The number of likely N-dealkylation sites (tertiary alicyclic amines) is 1. The van der Waals surface area contributed by atoms with Crippen molar-refractivity contribution in [2.24, 2.45) is 17.1 Å². The normalized spacial score (nSPS) is 23.8. The first kappa shape index (κ1) is 12.0. The Morgan fingerprint density at radius 2 is 1.79 bits per heavy atom. The molecule has 0 aromatic rings. The van der Waals surface area contributed by atoms with E-state index in [-0.39, 0.29) is 0 Å². The monoisotopic (exact) mass is 198 g/mol. The predicted molar refractivity (Wildman–Crippen MR) is 62.3 cm³/mol. The Morgan fingerprint density at radius 1 is 1.29 bits per heavy atom. The molecule has 1 atom stereocenters. The molecule has 0 aromatic carbocycles. The highest BCUT2D eigenvalue weighted by Crippen LogP contribution is 2.34. The van der Waals surface area contributed by atoms with Crippen LogP contribution in [0.2, 0.25) is 0 Å². The van der Waals surface area contributed by atoms with Crippen molar-refractivity contribution in [2.45, 2.75) is 46.6 Å². The van der Waals surface area contributed by atoms with Gasteiger partial charge >= 0.3 is 0 Å². The Bertz CT molecular complexity index is 162. The van der Waals surface area contributed by atoms with Crippen molar-refractivity contribution >= 4 is 0 Å². The molecule has 1 aliphatic heterocycles. The van der Waals surface area contributed by atoms with Crippen LogP contribution in [0, 0.1) is 11.3 Å². The van der Waals surface area contributed by atoms with Gasteiger partial charge < -0.3 is 10.6 Å². The fourth-order valence-corrected chi connectivity index (χ4v) is 2.39. The van der Waals surface area contributed by atoms with Gasteiger partial charge in [0.15, 0.2) is 0 Å². The summed E-state index contributed by atoms with van der Waals surface area (Å²) in [5.74, 6) is 0.895. The average Bonchev–Trinajstić information content (AvgIpc) is 2.02. The van der Waals surface area contributed by atoms with Crippen molar-refractivity contribution < 1.29 is 0 Å². The van der Waals surface area contributed by atoms with E-state index in [1.165, 1.54) is 25.9 Å². The molecule has 84 valence electrons. The van der Waals surface area contributed by atoms with Gasteiger partial charge in [0.2, 0.25) is 0 Å². The molecule has 1 aliphatic rings. The Labute approximate surface area is 88.8 Å². The standard InChI is InChI=1S/C12H26N2/c1-10(13)9-14-7-5-11(6-8-14)12(2,3)4/h10-11H,5-9,13H2,1-4H3/t10-/m1/s1. The molecular weight excluding hydrogens is 172 g/mol. The lowest BCUT2D eigenvalue weighted by Gasteiger charge is -2.39. The van der Waals surface area contributed by atoms with Crippen molar-refractivity contribution in [3.63, 3.8) is 0 Å². The molecule has 1 heterocycles. The van der Waals surface area contributed by atoms with E-state index in [0.29, 0.717) is 11.5 Å². The first-order chi connectivity index (χ1) is 6.39. The molecule has 1 saturated heterocycles. The van der Waals surface area contributed by atoms with Crippen LogP contribution in [0.5, 0.6) is 0 Å². The van der Waals surface area contributed by atoms with E-state index in [1.54, 1.807) is 0 Å². The third-order valence-corrected chi connectivity index (χ3v) is 3.36. The molecular formula is C12H26N2. The molecule has 0 spiro atoms. The fourth-order valence-electron chi connectivity index (χ4n) is 2.39. The second kappa shape index (κ2) is 4.63. The van der Waals surface area contributed by atoms with E-state index in [4.69, 9.17) is 5.73 Å². The Hall–Kier alpha value is -0.0800. The summed E-state index contributed by atoms with van der Waals surface area (Å²) in [6, 6.07) is 0.321. The number of nitrogens with two attached hydrogens (primary N) is 1. The van der Waals surface area contributed by atoms with Crippen LogP contribution in [0.25, 0.3) is 0 Å². The topological polar surface area (TPSA) is 29.3 Å². The fraction of sp³-hybridized carbons (Fsp3) is 1.00. The second-order valence-electron chi connectivity index (χ2n) is 5.92. The van der Waals surface area contributed by atoms with Gasteiger partial charge in [-0.25, -0.2) is 0 Å². The van der Waals surface area contributed by atoms with Crippen LogP contribution >= 0.6 is 0 Å². The first-order valence-corrected chi connectivity index (χ1v) is 5.87. The van der Waals surface area contributed by atoms with Gasteiger partial charge in [-0.1, -0.05) is 20.8 Å². The Kier molecular flexibility index (Phi) is 3.96. The molecule has 2 heteroatoms. The van der Waals surface area contributed by atoms with E-state index in [2.05, 4.69) is 32.6 Å². The van der Waals surface area contributed by atoms with Gasteiger partial charge in [-0.05, 0) is 44.2 Å². The highest BCUT2D eigenvalue weighted by Gasteiger charge is 2.28. The lowest BCUT2D eigenvalue weighted by atomic mass is 9.75. The van der Waals surface area contributed by atoms with Gasteiger partial charge in [0, 0.05) is 12.6 Å². The molecule has 0 radical (unpaired) electrons. The van der Waals surface area contributed by atoms with Crippen LogP contribution in [-0.2, 0) is 0 Å². The molecule has 1 rings (SSSR count). The average molecular weight is 198 g/mol. The minimum atomic E-state index is 0.321. The first-order valence-electron chi connectivity index (χ1n) is 5.87. The van der Waals surface area contributed by atoms with Gasteiger partial charge in [-0.3, -0.25) is 0 Å². The maximum atomic E-state index is 5.80. The summed E-state index contributed by atoms with van der Waals surface area (Å²) in [6.07, 6.45) is 2.69. The maximum absolute atomic E-state index is 5.80. The molecule has 2 nitrogen and oxygen atoms in total. The molecule has 0 amide bonds. The summed E-state index contributed by atoms with van der Waals surface area (Å²) in [6.45, 7) is 12.7. The van der Waals surface area contributed by atoms with E-state index >= 15 is 0 Å². The molecule has 2 N–H and O–H groups in total. The van der Waals surface area contributed by atoms with Crippen molar-refractivity contribution in [1.29, 1.82) is 0 Å². The van der Waals surface area contributed by atoms with Crippen LogP contribution in [0.1, 0.15) is 40.5 Å². The van der Waals surface area contributed by atoms with E-state index < -0.39 is 0 Å². The Morgan fingerprint density at radius 3 is 2.14 bits per heavy atom. The number of rotatable bonds is 2. The summed E-state index contributed by atoms with van der Waals surface area (Å²) >= 11 is 0. The van der Waals surface area contributed by atoms with Crippen LogP contribution in [0.15, 0.2) is 0 Å². The molecule has 0 aliphatic carbocycles. The van der Waals surface area contributed by atoms with Crippen LogP contribution in [-0.4, -0.2) is 30.6 Å². The van der Waals surface area contributed by atoms with E-state index in [0.717, 1.165) is 12.5 Å². The van der Waals surface area contributed by atoms with Crippen molar-refractivity contribution in [1.82, 2.24) is 4.90 Å². The number of hydrogen-bond acceptors (Lipinski definition) is 2. The van der Waals surface area contributed by atoms with Gasteiger partial charge in [0.1, 0.15) is 0 Å². The highest BCUT2D eigenvalue weighted by molar-refractivity contribution is 4.81. The number of hydrogen-bond donors (Lipinski definition) is 1. The highest BCUT2D eigenvalue weighted by atomic mass is 15.1. The molecule has 14 heavy (non-hydrogen) atoms. The lowest BCUT2D eigenvalue weighted by molar-refractivity contribution is 0.109. The zero-order valence-corrected chi connectivity index (χ0v) is 10.2. The molecule has 0 aromatic heterocycles. The molecule has 0 unspecified atom stereocenters. The molecule has 0 saturated carbocycles. The summed E-state index contributed by atoms with van der Waals surface area (Å²) in [5.41, 5.74) is 6.29. The van der Waals surface area contributed by atoms with Crippen LogP contribution in [0.4, 0.5) is 0 Å². The summed E-state index contributed by atoms with van der Waals surface area (Å²) in [4.78, 5) is 2.51. The zero-order valence-electron chi connectivity index (χ0n) is 10.2. The summed E-state index contributed by atoms with van der Waals surface area (Å²) < 4.78 is 0.